The second kappa shape index (κ2) is 5.64. The molecule has 88 valence electrons. The van der Waals surface area contributed by atoms with Gasteiger partial charge in [0.15, 0.2) is 0 Å². The fourth-order valence-electron chi connectivity index (χ4n) is 1.44. The maximum Gasteiger partial charge on any atom is 0.139 e. The first-order valence-corrected chi connectivity index (χ1v) is 6.55. The molecule has 0 aromatic heterocycles. The first kappa shape index (κ1) is 11.9. The minimum Gasteiger partial charge on any atom is -0.314 e. The van der Waals surface area contributed by atoms with Crippen LogP contribution in [-0.2, 0) is 0 Å². The van der Waals surface area contributed by atoms with E-state index in [1.807, 2.05) is 0 Å². The summed E-state index contributed by atoms with van der Waals surface area (Å²) in [5.74, 6) is -0.111. The molecule has 0 spiro atoms. The van der Waals surface area contributed by atoms with Crippen LogP contribution in [0.25, 0.3) is 0 Å². The van der Waals surface area contributed by atoms with Crippen molar-refractivity contribution >= 4 is 11.8 Å². The zero-order valence-electron chi connectivity index (χ0n) is 9.01. The molecule has 0 radical (unpaired) electrons. The van der Waals surface area contributed by atoms with E-state index in [1.165, 1.54) is 36.7 Å². The van der Waals surface area contributed by atoms with E-state index in [-0.39, 0.29) is 0 Å². The molecule has 4 heteroatoms. The highest BCUT2D eigenvalue weighted by molar-refractivity contribution is 7.99. The highest BCUT2D eigenvalue weighted by atomic mass is 32.2. The topological polar surface area (TPSA) is 12.0 Å². The quantitative estimate of drug-likeness (QED) is 0.608. The fourth-order valence-corrected chi connectivity index (χ4v) is 2.31. The van der Waals surface area contributed by atoms with Crippen LogP contribution in [0.3, 0.4) is 0 Å². The monoisotopic (exact) mass is 243 g/mol. The third-order valence-corrected chi connectivity index (χ3v) is 3.62. The number of benzene rings is 1. The Hall–Kier alpha value is -0.610. The Morgan fingerprint density at radius 3 is 2.81 bits per heavy atom. The summed E-state index contributed by atoms with van der Waals surface area (Å²) in [4.78, 5) is 0.535. The number of hydrogen-bond acceptors (Lipinski definition) is 2. The van der Waals surface area contributed by atoms with Crippen LogP contribution >= 0.6 is 11.8 Å². The van der Waals surface area contributed by atoms with Crippen LogP contribution in [0.5, 0.6) is 0 Å². The van der Waals surface area contributed by atoms with Crippen molar-refractivity contribution in [3.63, 3.8) is 0 Å². The average Bonchev–Trinajstić information content (AvgIpc) is 3.04. The number of halogens is 2. The smallest absolute Gasteiger partial charge is 0.139 e. The lowest BCUT2D eigenvalue weighted by molar-refractivity contribution is 0.565. The van der Waals surface area contributed by atoms with Crippen molar-refractivity contribution < 1.29 is 8.78 Å². The maximum atomic E-state index is 13.2. The minimum atomic E-state index is -0.516. The zero-order valence-corrected chi connectivity index (χ0v) is 9.83. The molecule has 1 aliphatic carbocycles. The Kier molecular flexibility index (Phi) is 4.18. The van der Waals surface area contributed by atoms with Gasteiger partial charge in [0.25, 0.3) is 0 Å². The molecule has 16 heavy (non-hydrogen) atoms. The molecule has 1 N–H and O–H groups in total. The number of thioether (sulfide) groups is 1. The van der Waals surface area contributed by atoms with Crippen LogP contribution in [0.4, 0.5) is 8.78 Å². The Morgan fingerprint density at radius 2 is 2.12 bits per heavy atom. The molecule has 1 saturated carbocycles. The highest BCUT2D eigenvalue weighted by Crippen LogP contribution is 2.23. The van der Waals surface area contributed by atoms with Crippen molar-refractivity contribution in [2.45, 2.75) is 30.2 Å². The molecule has 0 bridgehead atoms. The Balaban J connectivity index is 1.67. The standard InChI is InChI=1S/C12H15F2NS/c13-9-2-5-12(11(14)8-9)16-7-1-6-15-10-3-4-10/h2,5,8,10,15H,1,3-4,6-7H2. The van der Waals surface area contributed by atoms with Gasteiger partial charge in [-0.2, -0.15) is 0 Å². The van der Waals surface area contributed by atoms with Crippen molar-refractivity contribution in [2.75, 3.05) is 12.3 Å². The summed E-state index contributed by atoms with van der Waals surface area (Å²) >= 11 is 1.45. The second-order valence-corrected chi connectivity index (χ2v) is 5.14. The Morgan fingerprint density at radius 1 is 1.31 bits per heavy atom. The van der Waals surface area contributed by atoms with E-state index in [4.69, 9.17) is 0 Å². The van der Waals surface area contributed by atoms with Gasteiger partial charge in [0.2, 0.25) is 0 Å². The van der Waals surface area contributed by atoms with Crippen LogP contribution in [0, 0.1) is 11.6 Å². The molecule has 2 rings (SSSR count). The van der Waals surface area contributed by atoms with E-state index in [1.54, 1.807) is 0 Å². The first-order valence-electron chi connectivity index (χ1n) is 5.57. The van der Waals surface area contributed by atoms with E-state index in [0.717, 1.165) is 30.8 Å². The van der Waals surface area contributed by atoms with Crippen molar-refractivity contribution in [3.8, 4) is 0 Å². The van der Waals surface area contributed by atoms with E-state index in [0.29, 0.717) is 4.90 Å². The molecule has 0 saturated heterocycles. The summed E-state index contributed by atoms with van der Waals surface area (Å²) in [6.45, 7) is 0.987. The molecule has 1 aliphatic rings. The number of hydrogen-bond donors (Lipinski definition) is 1. The first-order chi connectivity index (χ1) is 7.75. The normalized spacial score (nSPS) is 15.4. The molecule has 1 nitrogen and oxygen atoms in total. The Bertz CT molecular complexity index is 353. The zero-order chi connectivity index (χ0) is 11.4. The van der Waals surface area contributed by atoms with E-state index < -0.39 is 11.6 Å². The summed E-state index contributed by atoms with van der Waals surface area (Å²) < 4.78 is 25.8. The van der Waals surface area contributed by atoms with Crippen molar-refractivity contribution in [3.05, 3.63) is 29.8 Å². The molecule has 1 aromatic carbocycles. The van der Waals surface area contributed by atoms with E-state index in [9.17, 15) is 8.78 Å². The second-order valence-electron chi connectivity index (χ2n) is 4.01. The van der Waals surface area contributed by atoms with Gasteiger partial charge in [-0.25, -0.2) is 8.78 Å². The van der Waals surface area contributed by atoms with Gasteiger partial charge < -0.3 is 5.32 Å². The fraction of sp³-hybridized carbons (Fsp3) is 0.500. The minimum absolute atomic E-state index is 0.458. The summed E-state index contributed by atoms with van der Waals surface area (Å²) in [6, 6.07) is 4.47. The van der Waals surface area contributed by atoms with Gasteiger partial charge >= 0.3 is 0 Å². The molecule has 1 fully saturated rings. The molecule has 0 aliphatic heterocycles. The van der Waals surface area contributed by atoms with Gasteiger partial charge in [0.05, 0.1) is 0 Å². The molecule has 0 unspecified atom stereocenters. The molecular formula is C12H15F2NS. The van der Waals surface area contributed by atoms with E-state index in [2.05, 4.69) is 5.32 Å². The predicted octanol–water partition coefficient (Wildman–Crippen LogP) is 3.20. The van der Waals surface area contributed by atoms with E-state index >= 15 is 0 Å². The summed E-state index contributed by atoms with van der Waals surface area (Å²) in [7, 11) is 0. The lowest BCUT2D eigenvalue weighted by Gasteiger charge is -2.04. The van der Waals surface area contributed by atoms with Crippen LogP contribution in [-0.4, -0.2) is 18.3 Å². The third kappa shape index (κ3) is 3.76. The van der Waals surface area contributed by atoms with Crippen molar-refractivity contribution in [1.82, 2.24) is 5.32 Å². The van der Waals surface area contributed by atoms with Gasteiger partial charge in [0, 0.05) is 17.0 Å². The lowest BCUT2D eigenvalue weighted by atomic mass is 10.3. The van der Waals surface area contributed by atoms with Crippen LogP contribution in [0.2, 0.25) is 0 Å². The number of nitrogens with one attached hydrogen (secondary N) is 1. The van der Waals surface area contributed by atoms with Crippen molar-refractivity contribution in [2.24, 2.45) is 0 Å². The SMILES string of the molecule is Fc1ccc(SCCCNC2CC2)c(F)c1. The van der Waals surface area contributed by atoms with Gasteiger partial charge in [-0.1, -0.05) is 0 Å². The highest BCUT2D eigenvalue weighted by Gasteiger charge is 2.19. The lowest BCUT2D eigenvalue weighted by Crippen LogP contribution is -2.17. The summed E-state index contributed by atoms with van der Waals surface area (Å²) in [6.07, 6.45) is 3.59. The van der Waals surface area contributed by atoms with Gasteiger partial charge in [-0.3, -0.25) is 0 Å². The summed E-state index contributed by atoms with van der Waals surface area (Å²) in [5.41, 5.74) is 0. The van der Waals surface area contributed by atoms with Gasteiger partial charge in [-0.15, -0.1) is 11.8 Å². The summed E-state index contributed by atoms with van der Waals surface area (Å²) in [5, 5.41) is 3.40. The Labute approximate surface area is 98.6 Å². The van der Waals surface area contributed by atoms with Crippen LogP contribution < -0.4 is 5.32 Å². The molecular weight excluding hydrogens is 228 g/mol. The van der Waals surface area contributed by atoms with Crippen LogP contribution in [0.1, 0.15) is 19.3 Å². The predicted molar refractivity (Wildman–Crippen MR) is 62.7 cm³/mol. The van der Waals surface area contributed by atoms with Crippen molar-refractivity contribution in [1.29, 1.82) is 0 Å². The number of rotatable bonds is 6. The van der Waals surface area contributed by atoms with Gasteiger partial charge in [0.1, 0.15) is 11.6 Å². The maximum absolute atomic E-state index is 13.2. The molecule has 0 heterocycles. The molecule has 0 amide bonds. The largest absolute Gasteiger partial charge is 0.314 e. The third-order valence-electron chi connectivity index (χ3n) is 2.48. The molecule has 1 aromatic rings. The van der Waals surface area contributed by atoms with Crippen LogP contribution in [0.15, 0.2) is 23.1 Å². The average molecular weight is 243 g/mol. The van der Waals surface area contributed by atoms with Gasteiger partial charge in [-0.05, 0) is 43.7 Å². The molecule has 0 atom stereocenters.